The predicted molar refractivity (Wildman–Crippen MR) is 92.1 cm³/mol. The van der Waals surface area contributed by atoms with E-state index in [0.29, 0.717) is 12.2 Å². The predicted octanol–water partition coefficient (Wildman–Crippen LogP) is 2.54. The number of nitrogens with one attached hydrogen (secondary N) is 2. The number of carbonyl (C=O) groups is 1. The standard InChI is InChI=1S/C17H20N6O/c1-12-8-9-19-23(12)16-7-5-4-6-15(16)21-17(24)18-10-14-11-20-22(3)13(14)2/h4-9,11H,10H2,1-3H3,(H2,18,21,24). The number of hydrogen-bond acceptors (Lipinski definition) is 3. The van der Waals surface area contributed by atoms with Crippen molar-refractivity contribution in [1.29, 1.82) is 0 Å². The summed E-state index contributed by atoms with van der Waals surface area (Å²) in [6.45, 7) is 4.36. The lowest BCUT2D eigenvalue weighted by Crippen LogP contribution is -2.28. The lowest BCUT2D eigenvalue weighted by molar-refractivity contribution is 0.251. The normalized spacial score (nSPS) is 10.6. The molecule has 2 N–H and O–H groups in total. The van der Waals surface area contributed by atoms with Gasteiger partial charge in [0, 0.05) is 36.7 Å². The van der Waals surface area contributed by atoms with E-state index in [0.717, 1.165) is 22.6 Å². The van der Waals surface area contributed by atoms with Gasteiger partial charge in [0.25, 0.3) is 0 Å². The number of para-hydroxylation sites is 2. The van der Waals surface area contributed by atoms with Gasteiger partial charge in [-0.05, 0) is 32.0 Å². The Labute approximate surface area is 140 Å². The van der Waals surface area contributed by atoms with E-state index in [9.17, 15) is 4.79 Å². The minimum Gasteiger partial charge on any atom is -0.334 e. The molecule has 3 aromatic rings. The molecule has 24 heavy (non-hydrogen) atoms. The van der Waals surface area contributed by atoms with E-state index in [4.69, 9.17) is 0 Å². The molecule has 0 radical (unpaired) electrons. The average molecular weight is 324 g/mol. The summed E-state index contributed by atoms with van der Waals surface area (Å²) in [6, 6.07) is 9.21. The van der Waals surface area contributed by atoms with Crippen LogP contribution in [0.25, 0.3) is 5.69 Å². The van der Waals surface area contributed by atoms with E-state index in [2.05, 4.69) is 20.8 Å². The van der Waals surface area contributed by atoms with Crippen molar-refractivity contribution in [1.82, 2.24) is 24.9 Å². The Hall–Kier alpha value is -3.09. The van der Waals surface area contributed by atoms with Gasteiger partial charge in [-0.1, -0.05) is 12.1 Å². The lowest BCUT2D eigenvalue weighted by atomic mass is 10.2. The molecule has 2 heterocycles. The fraction of sp³-hybridized carbons (Fsp3) is 0.235. The van der Waals surface area contributed by atoms with Crippen LogP contribution in [0.4, 0.5) is 10.5 Å². The van der Waals surface area contributed by atoms with E-state index in [1.165, 1.54) is 0 Å². The van der Waals surface area contributed by atoms with Crippen LogP contribution in [0.3, 0.4) is 0 Å². The molecule has 0 atom stereocenters. The number of benzene rings is 1. The number of nitrogens with zero attached hydrogens (tertiary/aromatic N) is 4. The first-order valence-corrected chi connectivity index (χ1v) is 7.68. The zero-order valence-corrected chi connectivity index (χ0v) is 13.9. The highest BCUT2D eigenvalue weighted by molar-refractivity contribution is 5.91. The Balaban J connectivity index is 1.71. The van der Waals surface area contributed by atoms with Gasteiger partial charge in [0.1, 0.15) is 0 Å². The number of amides is 2. The van der Waals surface area contributed by atoms with E-state index >= 15 is 0 Å². The fourth-order valence-corrected chi connectivity index (χ4v) is 2.45. The summed E-state index contributed by atoms with van der Waals surface area (Å²) in [5.41, 5.74) is 4.54. The number of aromatic nitrogens is 4. The maximum absolute atomic E-state index is 12.2. The van der Waals surface area contributed by atoms with Crippen molar-refractivity contribution in [3.63, 3.8) is 0 Å². The van der Waals surface area contributed by atoms with Crippen molar-refractivity contribution in [2.45, 2.75) is 20.4 Å². The number of rotatable bonds is 4. The molecule has 1 aromatic carbocycles. The summed E-state index contributed by atoms with van der Waals surface area (Å²) in [4.78, 5) is 12.2. The topological polar surface area (TPSA) is 76.8 Å². The molecule has 7 nitrogen and oxygen atoms in total. The van der Waals surface area contributed by atoms with Crippen LogP contribution >= 0.6 is 0 Å². The molecule has 3 rings (SSSR count). The molecule has 0 spiro atoms. The fourth-order valence-electron chi connectivity index (χ4n) is 2.45. The molecule has 7 heteroatoms. The lowest BCUT2D eigenvalue weighted by Gasteiger charge is -2.13. The number of urea groups is 1. The number of anilines is 1. The summed E-state index contributed by atoms with van der Waals surface area (Å²) in [7, 11) is 1.88. The van der Waals surface area contributed by atoms with Gasteiger partial charge < -0.3 is 10.6 Å². The third-order valence-electron chi connectivity index (χ3n) is 3.99. The maximum atomic E-state index is 12.2. The van der Waals surface area contributed by atoms with Crippen molar-refractivity contribution in [3.8, 4) is 5.69 Å². The molecule has 0 unspecified atom stereocenters. The Kier molecular flexibility index (Phi) is 4.33. The number of carbonyl (C=O) groups excluding carboxylic acids is 1. The first-order chi connectivity index (χ1) is 11.6. The molecule has 0 saturated heterocycles. The minimum absolute atomic E-state index is 0.268. The van der Waals surface area contributed by atoms with Crippen molar-refractivity contribution in [2.24, 2.45) is 7.05 Å². The minimum atomic E-state index is -0.268. The second-order valence-corrected chi connectivity index (χ2v) is 5.59. The number of hydrogen-bond donors (Lipinski definition) is 2. The molecular formula is C17H20N6O. The van der Waals surface area contributed by atoms with Crippen molar-refractivity contribution in [3.05, 3.63) is 59.7 Å². The van der Waals surface area contributed by atoms with Crippen LogP contribution in [0.15, 0.2) is 42.7 Å². The molecule has 0 aliphatic carbocycles. The summed E-state index contributed by atoms with van der Waals surface area (Å²) in [5, 5.41) is 14.2. The van der Waals surface area contributed by atoms with Crippen molar-refractivity contribution >= 4 is 11.7 Å². The van der Waals surface area contributed by atoms with Crippen LogP contribution < -0.4 is 10.6 Å². The Morgan fingerprint density at radius 1 is 1.17 bits per heavy atom. The first kappa shape index (κ1) is 15.8. The highest BCUT2D eigenvalue weighted by atomic mass is 16.2. The summed E-state index contributed by atoms with van der Waals surface area (Å²) in [6.07, 6.45) is 3.49. The molecule has 124 valence electrons. The van der Waals surface area contributed by atoms with Gasteiger partial charge in [-0.15, -0.1) is 0 Å². The third kappa shape index (κ3) is 3.15. The summed E-state index contributed by atoms with van der Waals surface area (Å²) < 4.78 is 3.57. The van der Waals surface area contributed by atoms with Gasteiger partial charge in [0.15, 0.2) is 0 Å². The Morgan fingerprint density at radius 2 is 1.96 bits per heavy atom. The Bertz CT molecular complexity index is 864. The molecule has 2 amide bonds. The summed E-state index contributed by atoms with van der Waals surface area (Å²) in [5.74, 6) is 0. The van der Waals surface area contributed by atoms with Crippen LogP contribution in [-0.2, 0) is 13.6 Å². The van der Waals surface area contributed by atoms with Gasteiger partial charge in [-0.3, -0.25) is 4.68 Å². The highest BCUT2D eigenvalue weighted by Gasteiger charge is 2.10. The zero-order valence-electron chi connectivity index (χ0n) is 13.9. The van der Waals surface area contributed by atoms with E-state index in [-0.39, 0.29) is 6.03 Å². The van der Waals surface area contributed by atoms with Crippen LogP contribution in [0.5, 0.6) is 0 Å². The monoisotopic (exact) mass is 324 g/mol. The smallest absolute Gasteiger partial charge is 0.319 e. The maximum Gasteiger partial charge on any atom is 0.319 e. The second kappa shape index (κ2) is 6.57. The highest BCUT2D eigenvalue weighted by Crippen LogP contribution is 2.20. The van der Waals surface area contributed by atoms with Crippen LogP contribution in [-0.4, -0.2) is 25.6 Å². The van der Waals surface area contributed by atoms with Gasteiger partial charge in [-0.2, -0.15) is 10.2 Å². The molecule has 2 aromatic heterocycles. The first-order valence-electron chi connectivity index (χ1n) is 7.68. The van der Waals surface area contributed by atoms with Crippen LogP contribution in [0.1, 0.15) is 17.0 Å². The van der Waals surface area contributed by atoms with Gasteiger partial charge >= 0.3 is 6.03 Å². The molecule has 0 bridgehead atoms. The van der Waals surface area contributed by atoms with Crippen molar-refractivity contribution < 1.29 is 4.79 Å². The summed E-state index contributed by atoms with van der Waals surface area (Å²) >= 11 is 0. The largest absolute Gasteiger partial charge is 0.334 e. The van der Waals surface area contributed by atoms with E-state index < -0.39 is 0 Å². The molecular weight excluding hydrogens is 304 g/mol. The SMILES string of the molecule is Cc1c(CNC(=O)Nc2ccccc2-n2nccc2C)cnn1C. The zero-order chi connectivity index (χ0) is 17.1. The molecule has 0 fully saturated rings. The van der Waals surface area contributed by atoms with E-state index in [1.807, 2.05) is 51.2 Å². The quantitative estimate of drug-likeness (QED) is 0.774. The van der Waals surface area contributed by atoms with Crippen molar-refractivity contribution in [2.75, 3.05) is 5.32 Å². The second-order valence-electron chi connectivity index (χ2n) is 5.59. The van der Waals surface area contributed by atoms with Gasteiger partial charge in [0.2, 0.25) is 0 Å². The molecule has 0 saturated carbocycles. The van der Waals surface area contributed by atoms with Crippen LogP contribution in [0.2, 0.25) is 0 Å². The van der Waals surface area contributed by atoms with Gasteiger partial charge in [0.05, 0.1) is 17.6 Å². The molecule has 0 aliphatic heterocycles. The van der Waals surface area contributed by atoms with Gasteiger partial charge in [-0.25, -0.2) is 9.48 Å². The van der Waals surface area contributed by atoms with E-state index in [1.54, 1.807) is 21.8 Å². The third-order valence-corrected chi connectivity index (χ3v) is 3.99. The average Bonchev–Trinajstić information content (AvgIpc) is 3.13. The molecule has 0 aliphatic rings. The number of aryl methyl sites for hydroxylation is 2. The Morgan fingerprint density at radius 3 is 2.62 bits per heavy atom. The van der Waals surface area contributed by atoms with Crippen LogP contribution in [0, 0.1) is 13.8 Å².